The molecule has 5 heteroatoms. The summed E-state index contributed by atoms with van der Waals surface area (Å²) in [7, 11) is 2.15. The lowest BCUT2D eigenvalue weighted by atomic mass is 9.91. The second-order valence-electron chi connectivity index (χ2n) is 9.71. The molecule has 1 fully saturated rings. The molecule has 0 unspecified atom stereocenters. The van der Waals surface area contributed by atoms with Gasteiger partial charge in [0.05, 0.1) is 6.10 Å². The van der Waals surface area contributed by atoms with Gasteiger partial charge in [0, 0.05) is 25.7 Å². The standard InChI is InChI=1S/C29H48N2O3/c1-4-6-12-23-31(29(32)34-25-26-15-10-9-11-16-26)27-17-19-28(20-18-27)33-24-14-8-7-13-22-30(3)21-5-2/h5,9-11,15-16,27-28H,2,4,6-8,12-14,17-25H2,1,3H3/t27-,28-. The zero-order chi connectivity index (χ0) is 24.4. The minimum atomic E-state index is -0.164. The Kier molecular flexibility index (Phi) is 14.7. The van der Waals surface area contributed by atoms with Crippen LogP contribution in [-0.4, -0.2) is 61.3 Å². The van der Waals surface area contributed by atoms with E-state index in [1.807, 2.05) is 41.3 Å². The highest BCUT2D eigenvalue weighted by Gasteiger charge is 2.29. The fourth-order valence-electron chi connectivity index (χ4n) is 4.68. The van der Waals surface area contributed by atoms with Crippen LogP contribution < -0.4 is 0 Å². The third-order valence-electron chi connectivity index (χ3n) is 6.76. The van der Waals surface area contributed by atoms with E-state index in [1.165, 1.54) is 19.3 Å². The molecule has 1 aliphatic rings. The SMILES string of the molecule is C=CCN(C)CCCCCCO[C@H]1CC[C@H](N(CCCCC)C(=O)OCc2ccccc2)CC1. The lowest BCUT2D eigenvalue weighted by molar-refractivity contribution is 0.00303. The van der Waals surface area contributed by atoms with Gasteiger partial charge in [-0.1, -0.05) is 69.0 Å². The number of carbonyl (C=O) groups is 1. The van der Waals surface area contributed by atoms with Gasteiger partial charge in [0.1, 0.15) is 6.61 Å². The minimum absolute atomic E-state index is 0.164. The van der Waals surface area contributed by atoms with Gasteiger partial charge < -0.3 is 19.3 Å². The highest BCUT2D eigenvalue weighted by atomic mass is 16.6. The van der Waals surface area contributed by atoms with Crippen LogP contribution in [0.3, 0.4) is 0 Å². The Morgan fingerprint density at radius 2 is 1.71 bits per heavy atom. The third-order valence-corrected chi connectivity index (χ3v) is 6.76. The molecule has 1 aliphatic carbocycles. The molecule has 0 spiro atoms. The van der Waals surface area contributed by atoms with Crippen molar-refractivity contribution in [2.75, 3.05) is 33.3 Å². The number of amides is 1. The summed E-state index contributed by atoms with van der Waals surface area (Å²) >= 11 is 0. The first-order valence-electron chi connectivity index (χ1n) is 13.5. The summed E-state index contributed by atoms with van der Waals surface area (Å²) in [6.07, 6.45) is 14.4. The van der Waals surface area contributed by atoms with E-state index in [4.69, 9.17) is 9.47 Å². The summed E-state index contributed by atoms with van der Waals surface area (Å²) in [4.78, 5) is 17.2. The lowest BCUT2D eigenvalue weighted by Gasteiger charge is -2.36. The lowest BCUT2D eigenvalue weighted by Crippen LogP contribution is -2.44. The largest absolute Gasteiger partial charge is 0.445 e. The fourth-order valence-corrected chi connectivity index (χ4v) is 4.68. The molecule has 0 N–H and O–H groups in total. The number of hydrogen-bond donors (Lipinski definition) is 0. The number of benzene rings is 1. The number of nitrogens with zero attached hydrogens (tertiary/aromatic N) is 2. The van der Waals surface area contributed by atoms with Crippen LogP contribution >= 0.6 is 0 Å². The topological polar surface area (TPSA) is 42.0 Å². The highest BCUT2D eigenvalue weighted by molar-refractivity contribution is 5.68. The Balaban J connectivity index is 1.66. The fraction of sp³-hybridized carbons (Fsp3) is 0.690. The Hall–Kier alpha value is -1.85. The van der Waals surface area contributed by atoms with E-state index in [9.17, 15) is 4.79 Å². The number of rotatable bonds is 17. The normalized spacial score (nSPS) is 18.1. The van der Waals surface area contributed by atoms with Gasteiger partial charge >= 0.3 is 6.09 Å². The van der Waals surface area contributed by atoms with Crippen molar-refractivity contribution in [3.05, 3.63) is 48.6 Å². The molecule has 2 rings (SSSR count). The zero-order valence-electron chi connectivity index (χ0n) is 21.8. The molecule has 0 aliphatic heterocycles. The molecule has 1 aromatic carbocycles. The van der Waals surface area contributed by atoms with Crippen LogP contribution in [0, 0.1) is 0 Å². The number of likely N-dealkylation sites (N-methyl/N-ethyl adjacent to an activating group) is 1. The van der Waals surface area contributed by atoms with Gasteiger partial charge in [-0.15, -0.1) is 6.58 Å². The first kappa shape index (κ1) is 28.4. The van der Waals surface area contributed by atoms with Crippen LogP contribution in [0.2, 0.25) is 0 Å². The van der Waals surface area contributed by atoms with Crippen LogP contribution in [0.5, 0.6) is 0 Å². The first-order chi connectivity index (χ1) is 16.6. The van der Waals surface area contributed by atoms with E-state index in [1.54, 1.807) is 0 Å². The van der Waals surface area contributed by atoms with Crippen LogP contribution in [0.15, 0.2) is 43.0 Å². The van der Waals surface area contributed by atoms with Crippen LogP contribution in [0.4, 0.5) is 4.79 Å². The maximum Gasteiger partial charge on any atom is 0.410 e. The third kappa shape index (κ3) is 11.5. The average Bonchev–Trinajstić information content (AvgIpc) is 2.86. The van der Waals surface area contributed by atoms with E-state index in [2.05, 4.69) is 25.5 Å². The van der Waals surface area contributed by atoms with Gasteiger partial charge in [-0.25, -0.2) is 4.79 Å². The molecule has 1 saturated carbocycles. The smallest absolute Gasteiger partial charge is 0.410 e. The molecule has 34 heavy (non-hydrogen) atoms. The molecular weight excluding hydrogens is 424 g/mol. The van der Waals surface area contributed by atoms with Gasteiger partial charge in [-0.05, 0) is 64.1 Å². The second kappa shape index (κ2) is 17.6. The van der Waals surface area contributed by atoms with Crippen molar-refractivity contribution >= 4 is 6.09 Å². The van der Waals surface area contributed by atoms with Crippen molar-refractivity contribution in [1.82, 2.24) is 9.80 Å². The molecule has 192 valence electrons. The molecule has 0 radical (unpaired) electrons. The number of hydrogen-bond acceptors (Lipinski definition) is 4. The van der Waals surface area contributed by atoms with Crippen LogP contribution in [-0.2, 0) is 16.1 Å². The Morgan fingerprint density at radius 3 is 2.41 bits per heavy atom. The Bertz CT molecular complexity index is 659. The van der Waals surface area contributed by atoms with Crippen molar-refractivity contribution in [2.24, 2.45) is 0 Å². The molecule has 0 saturated heterocycles. The summed E-state index contributed by atoms with van der Waals surface area (Å²) < 4.78 is 11.9. The van der Waals surface area contributed by atoms with Gasteiger partial charge in [0.25, 0.3) is 0 Å². The maximum atomic E-state index is 12.9. The van der Waals surface area contributed by atoms with E-state index in [0.29, 0.717) is 12.7 Å². The number of ether oxygens (including phenoxy) is 2. The molecule has 0 aromatic heterocycles. The quantitative estimate of drug-likeness (QED) is 0.184. The van der Waals surface area contributed by atoms with Crippen molar-refractivity contribution in [3.63, 3.8) is 0 Å². The highest BCUT2D eigenvalue weighted by Crippen LogP contribution is 2.26. The predicted molar refractivity (Wildman–Crippen MR) is 141 cm³/mol. The van der Waals surface area contributed by atoms with Crippen molar-refractivity contribution in [3.8, 4) is 0 Å². The van der Waals surface area contributed by atoms with Crippen LogP contribution in [0.25, 0.3) is 0 Å². The summed E-state index contributed by atoms with van der Waals surface area (Å²) in [6, 6.07) is 10.2. The van der Waals surface area contributed by atoms with Gasteiger partial charge in [0.15, 0.2) is 0 Å². The monoisotopic (exact) mass is 472 g/mol. The van der Waals surface area contributed by atoms with Crippen molar-refractivity contribution in [2.45, 2.75) is 96.3 Å². The summed E-state index contributed by atoms with van der Waals surface area (Å²) in [5, 5.41) is 0. The molecule has 0 atom stereocenters. The Labute approximate surface area is 208 Å². The van der Waals surface area contributed by atoms with E-state index >= 15 is 0 Å². The molecular formula is C29H48N2O3. The summed E-state index contributed by atoms with van der Waals surface area (Å²) in [5.41, 5.74) is 1.03. The number of unbranched alkanes of at least 4 members (excludes halogenated alkanes) is 5. The molecule has 1 aromatic rings. The predicted octanol–water partition coefficient (Wildman–Crippen LogP) is 6.82. The molecule has 0 heterocycles. The van der Waals surface area contributed by atoms with E-state index in [-0.39, 0.29) is 12.1 Å². The van der Waals surface area contributed by atoms with Gasteiger partial charge in [-0.3, -0.25) is 0 Å². The number of carbonyl (C=O) groups excluding carboxylic acids is 1. The minimum Gasteiger partial charge on any atom is -0.445 e. The molecule has 1 amide bonds. The average molecular weight is 473 g/mol. The summed E-state index contributed by atoms with van der Waals surface area (Å²) in [5.74, 6) is 0. The van der Waals surface area contributed by atoms with E-state index < -0.39 is 0 Å². The second-order valence-corrected chi connectivity index (χ2v) is 9.71. The van der Waals surface area contributed by atoms with Crippen molar-refractivity contribution in [1.29, 1.82) is 0 Å². The van der Waals surface area contributed by atoms with Gasteiger partial charge in [-0.2, -0.15) is 0 Å². The van der Waals surface area contributed by atoms with Gasteiger partial charge in [0.2, 0.25) is 0 Å². The molecule has 0 bridgehead atoms. The Morgan fingerprint density at radius 1 is 1.00 bits per heavy atom. The first-order valence-corrected chi connectivity index (χ1v) is 13.5. The zero-order valence-corrected chi connectivity index (χ0v) is 21.8. The summed E-state index contributed by atoms with van der Waals surface area (Å²) in [6.45, 7) is 10.1. The van der Waals surface area contributed by atoms with E-state index in [0.717, 1.165) is 83.2 Å². The van der Waals surface area contributed by atoms with Crippen molar-refractivity contribution < 1.29 is 14.3 Å². The molecule has 5 nitrogen and oxygen atoms in total. The van der Waals surface area contributed by atoms with Crippen LogP contribution in [0.1, 0.15) is 83.1 Å². The maximum absolute atomic E-state index is 12.9.